The molecule has 0 radical (unpaired) electrons. The van der Waals surface area contributed by atoms with E-state index in [0.717, 1.165) is 39.1 Å². The molecular weight excluding hydrogens is 192 g/mol. The van der Waals surface area contributed by atoms with E-state index in [9.17, 15) is 0 Å². The molecule has 1 saturated heterocycles. The van der Waals surface area contributed by atoms with Crippen LogP contribution < -0.4 is 11.1 Å². The van der Waals surface area contributed by atoms with Crippen LogP contribution in [0.4, 0.5) is 5.82 Å². The third-order valence-corrected chi connectivity index (χ3v) is 3.25. The first kappa shape index (κ1) is 9.18. The van der Waals surface area contributed by atoms with Crippen molar-refractivity contribution in [3.8, 4) is 0 Å². The maximum atomic E-state index is 5.93. The monoisotopic (exact) mass is 208 g/mol. The van der Waals surface area contributed by atoms with E-state index in [1.54, 1.807) is 0 Å². The second-order valence-corrected chi connectivity index (χ2v) is 4.20. The molecule has 2 aliphatic rings. The van der Waals surface area contributed by atoms with E-state index in [1.807, 2.05) is 0 Å². The summed E-state index contributed by atoms with van der Waals surface area (Å²) in [5.41, 5.74) is 8.42. The first-order valence-corrected chi connectivity index (χ1v) is 5.50. The fourth-order valence-corrected chi connectivity index (χ4v) is 2.42. The van der Waals surface area contributed by atoms with Gasteiger partial charge in [0.15, 0.2) is 0 Å². The molecule has 0 aliphatic carbocycles. The van der Waals surface area contributed by atoms with Crippen LogP contribution in [0.1, 0.15) is 23.7 Å². The molecule has 5 nitrogen and oxygen atoms in total. The Balaban J connectivity index is 1.99. The van der Waals surface area contributed by atoms with Crippen LogP contribution in [0.2, 0.25) is 0 Å². The number of nitrogens with two attached hydrogens (primary N) is 1. The third kappa shape index (κ3) is 1.42. The Hall–Kier alpha value is -1.07. The Labute approximate surface area is 88.6 Å². The van der Waals surface area contributed by atoms with Gasteiger partial charge in [0.05, 0.1) is 18.3 Å². The van der Waals surface area contributed by atoms with Crippen LogP contribution >= 0.6 is 0 Å². The highest BCUT2D eigenvalue weighted by molar-refractivity contribution is 5.44. The minimum Gasteiger partial charge on any atom is -0.382 e. The molecule has 0 saturated carbocycles. The summed E-state index contributed by atoms with van der Waals surface area (Å²) >= 11 is 0. The summed E-state index contributed by atoms with van der Waals surface area (Å²) in [5, 5.41) is 7.81. The smallest absolute Gasteiger partial charge is 0.149 e. The van der Waals surface area contributed by atoms with Crippen molar-refractivity contribution in [3.63, 3.8) is 0 Å². The average Bonchev–Trinajstić information content (AvgIpc) is 2.87. The van der Waals surface area contributed by atoms with Gasteiger partial charge in [-0.3, -0.25) is 4.68 Å². The number of hydrogen-bond acceptors (Lipinski definition) is 4. The molecule has 0 spiro atoms. The van der Waals surface area contributed by atoms with Crippen molar-refractivity contribution in [2.24, 2.45) is 0 Å². The van der Waals surface area contributed by atoms with Gasteiger partial charge in [-0.2, -0.15) is 5.10 Å². The molecule has 3 heterocycles. The largest absolute Gasteiger partial charge is 0.382 e. The Morgan fingerprint density at radius 1 is 1.53 bits per heavy atom. The Morgan fingerprint density at radius 2 is 2.47 bits per heavy atom. The van der Waals surface area contributed by atoms with E-state index in [1.165, 1.54) is 11.3 Å². The highest BCUT2D eigenvalue weighted by Gasteiger charge is 2.25. The number of nitrogens with one attached hydrogen (secondary N) is 1. The van der Waals surface area contributed by atoms with E-state index >= 15 is 0 Å². The highest BCUT2D eigenvalue weighted by atomic mass is 16.5. The molecule has 3 N–H and O–H groups in total. The van der Waals surface area contributed by atoms with Gasteiger partial charge in [-0.05, 0) is 19.4 Å². The number of aromatic nitrogens is 2. The number of hydrogen-bond donors (Lipinski definition) is 2. The fraction of sp³-hybridized carbons (Fsp3) is 0.700. The molecule has 1 fully saturated rings. The first-order valence-electron chi connectivity index (χ1n) is 5.50. The molecule has 0 amide bonds. The third-order valence-electron chi connectivity index (χ3n) is 3.25. The van der Waals surface area contributed by atoms with Crippen LogP contribution in [0.15, 0.2) is 0 Å². The van der Waals surface area contributed by atoms with Crippen LogP contribution in [-0.4, -0.2) is 29.5 Å². The molecule has 1 aromatic rings. The summed E-state index contributed by atoms with van der Waals surface area (Å²) in [7, 11) is 0. The summed E-state index contributed by atoms with van der Waals surface area (Å²) in [4.78, 5) is 0. The number of nitrogens with zero attached hydrogens (tertiary/aromatic N) is 2. The van der Waals surface area contributed by atoms with Crippen LogP contribution in [0.3, 0.4) is 0 Å². The summed E-state index contributed by atoms with van der Waals surface area (Å²) < 4.78 is 7.46. The van der Waals surface area contributed by atoms with Crippen LogP contribution in [0.25, 0.3) is 0 Å². The molecule has 15 heavy (non-hydrogen) atoms. The molecule has 82 valence electrons. The number of ether oxygens (including phenoxy) is 1. The summed E-state index contributed by atoms with van der Waals surface area (Å²) in [6.07, 6.45) is 2.04. The van der Waals surface area contributed by atoms with Crippen LogP contribution in [0.5, 0.6) is 0 Å². The van der Waals surface area contributed by atoms with Crippen LogP contribution in [0, 0.1) is 0 Å². The zero-order chi connectivity index (χ0) is 10.3. The van der Waals surface area contributed by atoms with Gasteiger partial charge >= 0.3 is 0 Å². The van der Waals surface area contributed by atoms with Gasteiger partial charge < -0.3 is 15.8 Å². The van der Waals surface area contributed by atoms with E-state index in [2.05, 4.69) is 15.1 Å². The fourth-order valence-electron chi connectivity index (χ4n) is 2.42. The van der Waals surface area contributed by atoms with Crippen molar-refractivity contribution in [2.75, 3.05) is 25.5 Å². The molecule has 0 aromatic carbocycles. The van der Waals surface area contributed by atoms with Crippen molar-refractivity contribution in [2.45, 2.75) is 25.4 Å². The van der Waals surface area contributed by atoms with Crippen molar-refractivity contribution in [3.05, 3.63) is 11.3 Å². The number of nitrogen functional groups attached to an aromatic ring is 1. The topological polar surface area (TPSA) is 65.1 Å². The quantitative estimate of drug-likeness (QED) is 0.685. The van der Waals surface area contributed by atoms with E-state index in [-0.39, 0.29) is 0 Å². The molecular formula is C10H16N4O. The van der Waals surface area contributed by atoms with Gasteiger partial charge in [0.2, 0.25) is 0 Å². The second-order valence-electron chi connectivity index (χ2n) is 4.20. The van der Waals surface area contributed by atoms with Crippen molar-refractivity contribution in [1.29, 1.82) is 0 Å². The lowest BCUT2D eigenvalue weighted by Gasteiger charge is -2.17. The molecule has 3 rings (SSSR count). The zero-order valence-electron chi connectivity index (χ0n) is 8.70. The van der Waals surface area contributed by atoms with Gasteiger partial charge in [-0.15, -0.1) is 0 Å². The van der Waals surface area contributed by atoms with Gasteiger partial charge in [0.25, 0.3) is 0 Å². The van der Waals surface area contributed by atoms with Gasteiger partial charge in [0, 0.05) is 18.7 Å². The number of rotatable bonds is 1. The average molecular weight is 208 g/mol. The number of anilines is 1. The Bertz CT molecular complexity index is 368. The van der Waals surface area contributed by atoms with Gasteiger partial charge in [0.1, 0.15) is 5.82 Å². The lowest BCUT2D eigenvalue weighted by atomic mass is 10.1. The molecule has 1 unspecified atom stereocenters. The summed E-state index contributed by atoms with van der Waals surface area (Å²) in [5.74, 6) is 0.707. The lowest BCUT2D eigenvalue weighted by molar-refractivity contribution is 0.184. The molecule has 0 bridgehead atoms. The maximum absolute atomic E-state index is 5.93. The Morgan fingerprint density at radius 3 is 3.27 bits per heavy atom. The lowest BCUT2D eigenvalue weighted by Crippen LogP contribution is -2.26. The van der Waals surface area contributed by atoms with E-state index in [0.29, 0.717) is 11.9 Å². The summed E-state index contributed by atoms with van der Waals surface area (Å²) in [6.45, 7) is 3.50. The highest BCUT2D eigenvalue weighted by Crippen LogP contribution is 2.26. The minimum absolute atomic E-state index is 0.385. The standard InChI is InChI=1S/C10H16N4O/c11-10-8-1-3-12-5-9(8)14(13-10)7-2-4-15-6-7/h7,12H,1-6H2,(H2,11,13). The zero-order valence-corrected chi connectivity index (χ0v) is 8.70. The molecule has 1 atom stereocenters. The van der Waals surface area contributed by atoms with E-state index < -0.39 is 0 Å². The van der Waals surface area contributed by atoms with Crippen molar-refractivity contribution >= 4 is 5.82 Å². The second kappa shape index (κ2) is 3.50. The minimum atomic E-state index is 0.385. The first-order chi connectivity index (χ1) is 7.36. The van der Waals surface area contributed by atoms with Crippen LogP contribution in [-0.2, 0) is 17.7 Å². The summed E-state index contributed by atoms with van der Waals surface area (Å²) in [6, 6.07) is 0.385. The Kier molecular flexibility index (Phi) is 2.14. The SMILES string of the molecule is Nc1nn(C2CCOC2)c2c1CCNC2. The van der Waals surface area contributed by atoms with Crippen molar-refractivity contribution in [1.82, 2.24) is 15.1 Å². The predicted molar refractivity (Wildman–Crippen MR) is 56.5 cm³/mol. The molecule has 5 heteroatoms. The van der Waals surface area contributed by atoms with E-state index in [4.69, 9.17) is 10.5 Å². The van der Waals surface area contributed by atoms with Crippen molar-refractivity contribution < 1.29 is 4.74 Å². The van der Waals surface area contributed by atoms with Gasteiger partial charge in [-0.25, -0.2) is 0 Å². The molecule has 1 aromatic heterocycles. The molecule has 2 aliphatic heterocycles. The van der Waals surface area contributed by atoms with Gasteiger partial charge in [-0.1, -0.05) is 0 Å². The normalized spacial score (nSPS) is 25.5. The maximum Gasteiger partial charge on any atom is 0.149 e. The predicted octanol–water partition coefficient (Wildman–Crippen LogP) is 0.0724. The number of fused-ring (bicyclic) bond motifs is 1.